The molecule has 0 radical (unpaired) electrons. The maximum atomic E-state index is 11.5. The van der Waals surface area contributed by atoms with Crippen molar-refractivity contribution in [2.24, 2.45) is 0 Å². The number of carboxylic acid groups (broad SMARTS) is 2. The highest BCUT2D eigenvalue weighted by molar-refractivity contribution is 5.96. The van der Waals surface area contributed by atoms with Gasteiger partial charge in [-0.3, -0.25) is 4.79 Å². The first-order chi connectivity index (χ1) is 12.8. The average Bonchev–Trinajstić information content (AvgIpc) is 2.89. The summed E-state index contributed by atoms with van der Waals surface area (Å²) in [5.41, 5.74) is 3.41. The third kappa shape index (κ3) is 3.65. The second kappa shape index (κ2) is 7.15. The largest absolute Gasteiger partial charge is 0.508 e. The number of aromatic hydroxyl groups is 1. The maximum Gasteiger partial charge on any atom is 0.335 e. The lowest BCUT2D eigenvalue weighted by Gasteiger charge is -2.15. The average molecular weight is 367 g/mol. The Hall–Kier alpha value is -3.28. The molecule has 0 aliphatic heterocycles. The molecular weight excluding hydrogens is 346 g/mol. The van der Waals surface area contributed by atoms with Crippen LogP contribution in [0.2, 0.25) is 0 Å². The van der Waals surface area contributed by atoms with Crippen LogP contribution in [-0.2, 0) is 17.8 Å². The van der Waals surface area contributed by atoms with Gasteiger partial charge in [-0.15, -0.1) is 0 Å². The van der Waals surface area contributed by atoms with Gasteiger partial charge in [-0.05, 0) is 47.4 Å². The van der Waals surface area contributed by atoms with Crippen molar-refractivity contribution in [3.05, 3.63) is 64.8 Å². The first-order valence-corrected chi connectivity index (χ1v) is 8.66. The van der Waals surface area contributed by atoms with Gasteiger partial charge in [0.15, 0.2) is 0 Å². The van der Waals surface area contributed by atoms with Crippen LogP contribution in [0.3, 0.4) is 0 Å². The molecule has 0 saturated heterocycles. The number of hydrogen-bond acceptors (Lipinski definition) is 3. The van der Waals surface area contributed by atoms with E-state index in [2.05, 4.69) is 0 Å². The predicted molar refractivity (Wildman–Crippen MR) is 102 cm³/mol. The summed E-state index contributed by atoms with van der Waals surface area (Å²) in [5.74, 6) is -1.77. The summed E-state index contributed by atoms with van der Waals surface area (Å²) in [6, 6.07) is 11.7. The molecule has 1 heterocycles. The van der Waals surface area contributed by atoms with Gasteiger partial charge in [0.2, 0.25) is 0 Å². The van der Waals surface area contributed by atoms with Gasteiger partial charge in [0.05, 0.1) is 12.0 Å². The Morgan fingerprint density at radius 3 is 2.26 bits per heavy atom. The van der Waals surface area contributed by atoms with E-state index in [9.17, 15) is 24.9 Å². The molecule has 3 rings (SSSR count). The zero-order valence-electron chi connectivity index (χ0n) is 15.1. The number of aliphatic carboxylic acids is 1. The number of carbonyl (C=O) groups is 2. The van der Waals surface area contributed by atoms with Gasteiger partial charge in [0, 0.05) is 23.1 Å². The Bertz CT molecular complexity index is 1020. The molecule has 1 aromatic heterocycles. The van der Waals surface area contributed by atoms with Crippen molar-refractivity contribution in [3.8, 4) is 5.75 Å². The Kier molecular flexibility index (Phi) is 4.90. The highest BCUT2D eigenvalue weighted by Gasteiger charge is 2.22. The zero-order chi connectivity index (χ0) is 19.7. The first-order valence-electron chi connectivity index (χ1n) is 8.66. The Balaban J connectivity index is 2.26. The summed E-state index contributed by atoms with van der Waals surface area (Å²) in [5, 5.41) is 28.9. The first kappa shape index (κ1) is 18.5. The van der Waals surface area contributed by atoms with Crippen LogP contribution >= 0.6 is 0 Å². The fourth-order valence-corrected chi connectivity index (χ4v) is 3.53. The quantitative estimate of drug-likeness (QED) is 0.615. The molecule has 0 atom stereocenters. The monoisotopic (exact) mass is 367 g/mol. The predicted octanol–water partition coefficient (Wildman–Crippen LogP) is 3.84. The van der Waals surface area contributed by atoms with E-state index in [1.807, 2.05) is 30.5 Å². The lowest BCUT2D eigenvalue weighted by Crippen LogP contribution is -2.09. The van der Waals surface area contributed by atoms with Crippen LogP contribution in [0.4, 0.5) is 0 Å². The van der Waals surface area contributed by atoms with Gasteiger partial charge in [0.25, 0.3) is 0 Å². The number of benzene rings is 2. The molecule has 0 saturated carbocycles. The van der Waals surface area contributed by atoms with E-state index in [-0.39, 0.29) is 23.7 Å². The maximum absolute atomic E-state index is 11.5. The third-order valence-corrected chi connectivity index (χ3v) is 4.61. The topological polar surface area (TPSA) is 99.8 Å². The molecule has 0 aliphatic carbocycles. The van der Waals surface area contributed by atoms with Crippen molar-refractivity contribution in [3.63, 3.8) is 0 Å². The van der Waals surface area contributed by atoms with Crippen molar-refractivity contribution in [2.75, 3.05) is 0 Å². The highest BCUT2D eigenvalue weighted by atomic mass is 16.4. The fourth-order valence-electron chi connectivity index (χ4n) is 3.53. The molecule has 27 heavy (non-hydrogen) atoms. The fraction of sp³-hybridized carbons (Fsp3) is 0.238. The minimum absolute atomic E-state index is 0.0529. The Morgan fingerprint density at radius 1 is 1.04 bits per heavy atom. The van der Waals surface area contributed by atoms with Crippen LogP contribution in [0.15, 0.2) is 42.5 Å². The van der Waals surface area contributed by atoms with Crippen molar-refractivity contribution in [2.45, 2.75) is 32.7 Å². The molecule has 0 amide bonds. The standard InChI is InChI=1S/C21H21NO5/c1-12(2)20-17(10-19(24)25)16-9-14(21(26)27)5-8-18(16)22(20)11-13-3-6-15(23)7-4-13/h3-9,12,23H,10-11H2,1-2H3,(H,24,25)(H,26,27). The highest BCUT2D eigenvalue weighted by Crippen LogP contribution is 2.33. The van der Waals surface area contributed by atoms with Gasteiger partial charge in [-0.2, -0.15) is 0 Å². The van der Waals surface area contributed by atoms with Crippen molar-refractivity contribution < 1.29 is 24.9 Å². The van der Waals surface area contributed by atoms with Crippen molar-refractivity contribution >= 4 is 22.8 Å². The molecule has 0 unspecified atom stereocenters. The number of fused-ring (bicyclic) bond motifs is 1. The summed E-state index contributed by atoms with van der Waals surface area (Å²) in [7, 11) is 0. The number of hydrogen-bond donors (Lipinski definition) is 3. The van der Waals surface area contributed by atoms with Gasteiger partial charge >= 0.3 is 11.9 Å². The number of aromatic nitrogens is 1. The van der Waals surface area contributed by atoms with Gasteiger partial charge < -0.3 is 19.9 Å². The normalized spacial score (nSPS) is 11.2. The summed E-state index contributed by atoms with van der Waals surface area (Å²) in [6.45, 7) is 4.48. The summed E-state index contributed by atoms with van der Waals surface area (Å²) < 4.78 is 2.04. The zero-order valence-corrected chi connectivity index (χ0v) is 15.1. The number of phenolic OH excluding ortho intramolecular Hbond substituents is 1. The van der Waals surface area contributed by atoms with E-state index in [1.165, 1.54) is 6.07 Å². The van der Waals surface area contributed by atoms with Crippen LogP contribution < -0.4 is 0 Å². The minimum atomic E-state index is -1.05. The molecule has 6 heteroatoms. The van der Waals surface area contributed by atoms with E-state index < -0.39 is 11.9 Å². The number of phenols is 1. The van der Waals surface area contributed by atoms with E-state index >= 15 is 0 Å². The van der Waals surface area contributed by atoms with Crippen LogP contribution in [0, 0.1) is 0 Å². The second-order valence-electron chi connectivity index (χ2n) is 6.88. The number of nitrogens with zero attached hydrogens (tertiary/aromatic N) is 1. The molecule has 6 nitrogen and oxygen atoms in total. The molecule has 0 spiro atoms. The second-order valence-corrected chi connectivity index (χ2v) is 6.88. The smallest absolute Gasteiger partial charge is 0.335 e. The van der Waals surface area contributed by atoms with E-state index in [4.69, 9.17) is 0 Å². The molecule has 0 bridgehead atoms. The molecule has 140 valence electrons. The van der Waals surface area contributed by atoms with Crippen LogP contribution in [0.5, 0.6) is 5.75 Å². The van der Waals surface area contributed by atoms with E-state index in [1.54, 1.807) is 24.3 Å². The third-order valence-electron chi connectivity index (χ3n) is 4.61. The molecule has 3 N–H and O–H groups in total. The summed E-state index contributed by atoms with van der Waals surface area (Å²) in [4.78, 5) is 22.8. The van der Waals surface area contributed by atoms with Crippen molar-refractivity contribution in [1.29, 1.82) is 0 Å². The number of carboxylic acids is 2. The Labute approximate surface area is 156 Å². The summed E-state index contributed by atoms with van der Waals surface area (Å²) in [6.07, 6.45) is -0.171. The van der Waals surface area contributed by atoms with Crippen LogP contribution in [0.1, 0.15) is 46.9 Å². The molecular formula is C21H21NO5. The van der Waals surface area contributed by atoms with Crippen molar-refractivity contribution in [1.82, 2.24) is 4.57 Å². The lowest BCUT2D eigenvalue weighted by atomic mass is 10.00. The van der Waals surface area contributed by atoms with Gasteiger partial charge in [0.1, 0.15) is 5.75 Å². The van der Waals surface area contributed by atoms with E-state index in [0.717, 1.165) is 16.8 Å². The van der Waals surface area contributed by atoms with Crippen LogP contribution in [0.25, 0.3) is 10.9 Å². The summed E-state index contributed by atoms with van der Waals surface area (Å²) >= 11 is 0. The SMILES string of the molecule is CC(C)c1c(CC(=O)O)c2cc(C(=O)O)ccc2n1Cc1ccc(O)cc1. The van der Waals surface area contributed by atoms with Gasteiger partial charge in [-0.1, -0.05) is 26.0 Å². The molecule has 3 aromatic rings. The molecule has 0 aliphatic rings. The number of rotatable bonds is 6. The molecule has 0 fully saturated rings. The minimum Gasteiger partial charge on any atom is -0.508 e. The lowest BCUT2D eigenvalue weighted by molar-refractivity contribution is -0.136. The van der Waals surface area contributed by atoms with Gasteiger partial charge in [-0.25, -0.2) is 4.79 Å². The Morgan fingerprint density at radius 2 is 1.70 bits per heavy atom. The van der Waals surface area contributed by atoms with E-state index in [0.29, 0.717) is 17.5 Å². The number of aromatic carboxylic acids is 1. The van der Waals surface area contributed by atoms with Crippen LogP contribution in [-0.4, -0.2) is 31.8 Å². The molecule has 2 aromatic carbocycles.